The van der Waals surface area contributed by atoms with Crippen LogP contribution in [0.2, 0.25) is 0 Å². The quantitative estimate of drug-likeness (QED) is 0.677. The molecule has 0 spiro atoms. The van der Waals surface area contributed by atoms with Crippen LogP contribution in [0.5, 0.6) is 0 Å². The number of hydrogen-bond donors (Lipinski definition) is 0. The molecule has 3 heteroatoms. The fraction of sp³-hybridized carbons (Fsp3) is 0.0870. The van der Waals surface area contributed by atoms with Gasteiger partial charge in [-0.1, -0.05) is 78.9 Å². The summed E-state index contributed by atoms with van der Waals surface area (Å²) in [5, 5.41) is 0. The van der Waals surface area contributed by atoms with Crippen molar-refractivity contribution in [1.29, 1.82) is 0 Å². The van der Waals surface area contributed by atoms with Crippen LogP contribution >= 0.6 is 0 Å². The van der Waals surface area contributed by atoms with Crippen LogP contribution in [-0.2, 0) is 16.0 Å². The van der Waals surface area contributed by atoms with Crippen LogP contribution in [0.25, 0.3) is 0 Å². The fourth-order valence-corrected chi connectivity index (χ4v) is 3.13. The average Bonchev–Trinajstić information content (AvgIpc) is 2.70. The minimum absolute atomic E-state index is 0.0674. The molecular weight excluding hydrogens is 322 g/mol. The second kappa shape index (κ2) is 7.28. The summed E-state index contributed by atoms with van der Waals surface area (Å²) in [6.07, 6.45) is 1.72. The highest BCUT2D eigenvalue weighted by Gasteiger charge is 2.32. The summed E-state index contributed by atoms with van der Waals surface area (Å²) in [6, 6.07) is 29.5. The van der Waals surface area contributed by atoms with E-state index in [4.69, 9.17) is 4.74 Å². The maximum Gasteiger partial charge on any atom is 0.257 e. The van der Waals surface area contributed by atoms with Gasteiger partial charge in [0.15, 0.2) is 0 Å². The molecule has 26 heavy (non-hydrogen) atoms. The Kier molecular flexibility index (Phi) is 4.52. The van der Waals surface area contributed by atoms with E-state index in [0.717, 1.165) is 16.8 Å². The van der Waals surface area contributed by atoms with Gasteiger partial charge in [-0.05, 0) is 17.7 Å². The summed E-state index contributed by atoms with van der Waals surface area (Å²) in [5.41, 5.74) is 2.89. The van der Waals surface area contributed by atoms with Crippen LogP contribution in [0.3, 0.4) is 0 Å². The average molecular weight is 341 g/mol. The van der Waals surface area contributed by atoms with E-state index in [1.165, 1.54) is 0 Å². The molecular formula is C23H19NO2. The minimum atomic E-state index is -0.477. The first-order chi connectivity index (χ1) is 12.8. The van der Waals surface area contributed by atoms with E-state index in [1.807, 2.05) is 91.0 Å². The lowest BCUT2D eigenvalue weighted by Gasteiger charge is -2.35. The molecule has 1 aliphatic heterocycles. The molecule has 0 aromatic heterocycles. The predicted molar refractivity (Wildman–Crippen MR) is 102 cm³/mol. The number of carbonyl (C=O) groups excluding carboxylic acids is 1. The summed E-state index contributed by atoms with van der Waals surface area (Å²) in [7, 11) is 0. The molecule has 1 aliphatic rings. The smallest absolute Gasteiger partial charge is 0.257 e. The molecule has 1 atom stereocenters. The van der Waals surface area contributed by atoms with Gasteiger partial charge in [-0.2, -0.15) is 0 Å². The summed E-state index contributed by atoms with van der Waals surface area (Å²) in [6.45, 7) is 0. The molecule has 128 valence electrons. The zero-order valence-electron chi connectivity index (χ0n) is 14.3. The molecule has 3 aromatic rings. The van der Waals surface area contributed by atoms with Crippen molar-refractivity contribution in [2.45, 2.75) is 12.6 Å². The number of anilines is 1. The van der Waals surface area contributed by atoms with E-state index in [2.05, 4.69) is 0 Å². The summed E-state index contributed by atoms with van der Waals surface area (Å²) < 4.78 is 6.28. The molecule has 3 aromatic carbocycles. The number of rotatable bonds is 4. The zero-order chi connectivity index (χ0) is 17.8. The Morgan fingerprint density at radius 3 is 2.00 bits per heavy atom. The lowest BCUT2D eigenvalue weighted by atomic mass is 10.1. The topological polar surface area (TPSA) is 29.5 Å². The second-order valence-electron chi connectivity index (χ2n) is 6.20. The Bertz CT molecular complexity index is 905. The zero-order valence-corrected chi connectivity index (χ0v) is 14.3. The molecule has 0 fully saturated rings. The van der Waals surface area contributed by atoms with Gasteiger partial charge in [0.2, 0.25) is 6.23 Å². The van der Waals surface area contributed by atoms with Gasteiger partial charge in [-0.25, -0.2) is 0 Å². The predicted octanol–water partition coefficient (Wildman–Crippen LogP) is 4.88. The summed E-state index contributed by atoms with van der Waals surface area (Å²) in [5.74, 6) is 0.615. The maximum absolute atomic E-state index is 12.9. The molecule has 0 aliphatic carbocycles. The number of allylic oxidation sites excluding steroid dienone is 1. The Labute approximate surface area is 153 Å². The molecule has 0 N–H and O–H groups in total. The second-order valence-corrected chi connectivity index (χ2v) is 6.20. The van der Waals surface area contributed by atoms with Crippen LogP contribution in [-0.4, -0.2) is 5.91 Å². The number of para-hydroxylation sites is 1. The van der Waals surface area contributed by atoms with Crippen LogP contribution in [0.4, 0.5) is 5.69 Å². The molecule has 0 saturated heterocycles. The molecule has 1 unspecified atom stereocenters. The van der Waals surface area contributed by atoms with Crippen molar-refractivity contribution < 1.29 is 9.53 Å². The lowest BCUT2D eigenvalue weighted by Crippen LogP contribution is -2.39. The van der Waals surface area contributed by atoms with Gasteiger partial charge in [0.25, 0.3) is 5.91 Å². The third-order valence-electron chi connectivity index (χ3n) is 4.36. The van der Waals surface area contributed by atoms with Crippen molar-refractivity contribution in [3.63, 3.8) is 0 Å². The number of ether oxygens (including phenoxy) is 1. The van der Waals surface area contributed by atoms with Crippen LogP contribution < -0.4 is 4.90 Å². The van der Waals surface area contributed by atoms with E-state index in [9.17, 15) is 4.79 Å². The fourth-order valence-electron chi connectivity index (χ4n) is 3.13. The van der Waals surface area contributed by atoms with Crippen LogP contribution in [0, 0.1) is 0 Å². The Morgan fingerprint density at radius 1 is 0.769 bits per heavy atom. The minimum Gasteiger partial charge on any atom is -0.470 e. The van der Waals surface area contributed by atoms with Crippen molar-refractivity contribution >= 4 is 11.6 Å². The Morgan fingerprint density at radius 2 is 1.35 bits per heavy atom. The third kappa shape index (κ3) is 3.38. The Hall–Kier alpha value is -3.33. The largest absolute Gasteiger partial charge is 0.470 e. The van der Waals surface area contributed by atoms with Gasteiger partial charge in [-0.15, -0.1) is 0 Å². The molecule has 0 bridgehead atoms. The Balaban J connectivity index is 1.70. The van der Waals surface area contributed by atoms with E-state index >= 15 is 0 Å². The number of carbonyl (C=O) groups is 1. The highest BCUT2D eigenvalue weighted by Crippen LogP contribution is 2.34. The normalized spacial score (nSPS) is 16.8. The first kappa shape index (κ1) is 16.2. The molecule has 0 saturated carbocycles. The van der Waals surface area contributed by atoms with Crippen LogP contribution in [0.15, 0.2) is 103 Å². The number of benzene rings is 3. The summed E-state index contributed by atoms with van der Waals surface area (Å²) >= 11 is 0. The van der Waals surface area contributed by atoms with Crippen molar-refractivity contribution in [2.24, 2.45) is 0 Å². The van der Waals surface area contributed by atoms with Crippen molar-refractivity contribution in [3.05, 3.63) is 114 Å². The van der Waals surface area contributed by atoms with Gasteiger partial charge in [0.05, 0.1) is 0 Å². The molecule has 4 rings (SSSR count). The van der Waals surface area contributed by atoms with Crippen molar-refractivity contribution in [2.75, 3.05) is 4.90 Å². The molecule has 0 radical (unpaired) electrons. The molecule has 3 nitrogen and oxygen atoms in total. The van der Waals surface area contributed by atoms with Gasteiger partial charge in [0, 0.05) is 23.7 Å². The highest BCUT2D eigenvalue weighted by molar-refractivity contribution is 6.02. The van der Waals surface area contributed by atoms with E-state index in [1.54, 1.807) is 11.0 Å². The summed E-state index contributed by atoms with van der Waals surface area (Å²) in [4.78, 5) is 14.6. The number of amides is 1. The van der Waals surface area contributed by atoms with Gasteiger partial charge >= 0.3 is 0 Å². The van der Waals surface area contributed by atoms with E-state index < -0.39 is 6.23 Å². The van der Waals surface area contributed by atoms with Crippen molar-refractivity contribution in [3.8, 4) is 0 Å². The molecule has 1 amide bonds. The van der Waals surface area contributed by atoms with Crippen LogP contribution in [0.1, 0.15) is 17.4 Å². The monoisotopic (exact) mass is 341 g/mol. The molecule has 1 heterocycles. The number of nitrogens with zero attached hydrogens (tertiary/aromatic N) is 1. The number of hydrogen-bond acceptors (Lipinski definition) is 2. The van der Waals surface area contributed by atoms with E-state index in [-0.39, 0.29) is 5.91 Å². The first-order valence-electron chi connectivity index (χ1n) is 8.65. The first-order valence-corrected chi connectivity index (χ1v) is 8.65. The van der Waals surface area contributed by atoms with Crippen molar-refractivity contribution in [1.82, 2.24) is 0 Å². The van der Waals surface area contributed by atoms with Gasteiger partial charge < -0.3 is 4.74 Å². The standard InChI is InChI=1S/C23H19NO2/c25-22-17-21(16-18-10-4-1-5-11-18)26-23(19-12-6-2-7-13-19)24(22)20-14-8-3-9-15-20/h1-15,17,23H,16H2. The SMILES string of the molecule is O=C1C=C(Cc2ccccc2)OC(c2ccccc2)N1c1ccccc1. The lowest BCUT2D eigenvalue weighted by molar-refractivity contribution is -0.118. The van der Waals surface area contributed by atoms with E-state index in [0.29, 0.717) is 12.2 Å². The van der Waals surface area contributed by atoms with Gasteiger partial charge in [0.1, 0.15) is 5.76 Å². The highest BCUT2D eigenvalue weighted by atomic mass is 16.5. The third-order valence-corrected chi connectivity index (χ3v) is 4.36. The maximum atomic E-state index is 12.9. The van der Waals surface area contributed by atoms with Gasteiger partial charge in [-0.3, -0.25) is 9.69 Å².